The van der Waals surface area contributed by atoms with Crippen molar-refractivity contribution in [1.29, 1.82) is 0 Å². The molecule has 2 aromatic rings. The minimum Gasteiger partial charge on any atom is -0.357 e. The molecule has 23 heavy (non-hydrogen) atoms. The lowest BCUT2D eigenvalue weighted by atomic mass is 10.1. The summed E-state index contributed by atoms with van der Waals surface area (Å²) in [5.41, 5.74) is 1.19. The Bertz CT molecular complexity index is 579. The SMILES string of the molecule is CCNC(=NCC(C)c1cccs1)NCCn1cc(C)cn1.I. The maximum atomic E-state index is 4.68. The predicted octanol–water partition coefficient (Wildman–Crippen LogP) is 3.23. The lowest BCUT2D eigenvalue weighted by Crippen LogP contribution is -2.39. The molecule has 0 bridgehead atoms. The van der Waals surface area contributed by atoms with E-state index in [-0.39, 0.29) is 24.0 Å². The Kier molecular flexibility index (Phi) is 9.23. The van der Waals surface area contributed by atoms with Crippen LogP contribution in [0.4, 0.5) is 0 Å². The molecule has 0 spiro atoms. The van der Waals surface area contributed by atoms with Crippen molar-refractivity contribution in [1.82, 2.24) is 20.4 Å². The van der Waals surface area contributed by atoms with Gasteiger partial charge in [-0.2, -0.15) is 5.10 Å². The van der Waals surface area contributed by atoms with Gasteiger partial charge in [0.05, 0.1) is 19.3 Å². The maximum Gasteiger partial charge on any atom is 0.191 e. The minimum atomic E-state index is 0. The van der Waals surface area contributed by atoms with Crippen LogP contribution < -0.4 is 10.6 Å². The van der Waals surface area contributed by atoms with Crippen molar-refractivity contribution in [3.05, 3.63) is 40.3 Å². The van der Waals surface area contributed by atoms with E-state index in [9.17, 15) is 0 Å². The maximum absolute atomic E-state index is 4.68. The van der Waals surface area contributed by atoms with E-state index in [2.05, 4.69) is 59.0 Å². The lowest BCUT2D eigenvalue weighted by molar-refractivity contribution is 0.597. The van der Waals surface area contributed by atoms with Crippen molar-refractivity contribution < 1.29 is 0 Å². The molecule has 0 fully saturated rings. The molecule has 2 heterocycles. The number of hydrogen-bond acceptors (Lipinski definition) is 3. The molecule has 5 nitrogen and oxygen atoms in total. The third-order valence-corrected chi connectivity index (χ3v) is 4.40. The first-order chi connectivity index (χ1) is 10.7. The van der Waals surface area contributed by atoms with Gasteiger partial charge in [-0.3, -0.25) is 9.67 Å². The molecule has 0 aromatic carbocycles. The first-order valence-corrected chi connectivity index (χ1v) is 8.61. The third-order valence-electron chi connectivity index (χ3n) is 3.29. The first kappa shape index (κ1) is 20.0. The van der Waals surface area contributed by atoms with Crippen LogP contribution >= 0.6 is 35.3 Å². The topological polar surface area (TPSA) is 54.2 Å². The molecule has 1 unspecified atom stereocenters. The summed E-state index contributed by atoms with van der Waals surface area (Å²) in [6.45, 7) is 9.63. The molecule has 0 aliphatic rings. The fourth-order valence-electron chi connectivity index (χ4n) is 2.11. The molecule has 0 amide bonds. The number of aromatic nitrogens is 2. The zero-order valence-corrected chi connectivity index (χ0v) is 17.1. The van der Waals surface area contributed by atoms with E-state index < -0.39 is 0 Å². The van der Waals surface area contributed by atoms with Crippen LogP contribution in [0, 0.1) is 6.92 Å². The van der Waals surface area contributed by atoms with Gasteiger partial charge >= 0.3 is 0 Å². The average molecular weight is 447 g/mol. The van der Waals surface area contributed by atoms with Gasteiger partial charge in [0.25, 0.3) is 0 Å². The van der Waals surface area contributed by atoms with E-state index in [1.54, 1.807) is 11.3 Å². The molecule has 0 radical (unpaired) electrons. The normalized spacial score (nSPS) is 12.6. The van der Waals surface area contributed by atoms with Gasteiger partial charge in [0.2, 0.25) is 0 Å². The average Bonchev–Trinajstić information content (AvgIpc) is 3.16. The van der Waals surface area contributed by atoms with Crippen molar-refractivity contribution in [2.24, 2.45) is 4.99 Å². The van der Waals surface area contributed by atoms with Crippen LogP contribution in [0.3, 0.4) is 0 Å². The van der Waals surface area contributed by atoms with Crippen LogP contribution in [0.1, 0.15) is 30.2 Å². The molecule has 0 saturated heterocycles. The van der Waals surface area contributed by atoms with Gasteiger partial charge < -0.3 is 10.6 Å². The summed E-state index contributed by atoms with van der Waals surface area (Å²) in [5.74, 6) is 1.32. The van der Waals surface area contributed by atoms with Crippen LogP contribution in [0.5, 0.6) is 0 Å². The van der Waals surface area contributed by atoms with Gasteiger partial charge in [-0.15, -0.1) is 35.3 Å². The van der Waals surface area contributed by atoms with E-state index in [4.69, 9.17) is 0 Å². The molecule has 0 aliphatic carbocycles. The van der Waals surface area contributed by atoms with Gasteiger partial charge in [-0.05, 0) is 30.9 Å². The summed E-state index contributed by atoms with van der Waals surface area (Å²) in [4.78, 5) is 6.06. The van der Waals surface area contributed by atoms with Crippen molar-refractivity contribution in [2.45, 2.75) is 33.2 Å². The molecule has 0 aliphatic heterocycles. The molecule has 1 atom stereocenters. The van der Waals surface area contributed by atoms with Crippen LogP contribution in [0.2, 0.25) is 0 Å². The molecule has 2 rings (SSSR count). The molecular weight excluding hydrogens is 421 g/mol. The molecule has 7 heteroatoms. The molecule has 2 N–H and O–H groups in total. The lowest BCUT2D eigenvalue weighted by Gasteiger charge is -2.13. The molecule has 128 valence electrons. The largest absolute Gasteiger partial charge is 0.357 e. The summed E-state index contributed by atoms with van der Waals surface area (Å²) >= 11 is 1.79. The highest BCUT2D eigenvalue weighted by atomic mass is 127. The Morgan fingerprint density at radius 3 is 2.87 bits per heavy atom. The smallest absolute Gasteiger partial charge is 0.191 e. The second-order valence-electron chi connectivity index (χ2n) is 5.34. The van der Waals surface area contributed by atoms with Gasteiger partial charge in [-0.1, -0.05) is 13.0 Å². The molecule has 2 aromatic heterocycles. The number of rotatable bonds is 7. The number of aliphatic imine (C=N–C) groups is 1. The highest BCUT2D eigenvalue weighted by molar-refractivity contribution is 14.0. The summed E-state index contributed by atoms with van der Waals surface area (Å²) in [5, 5.41) is 13.0. The quantitative estimate of drug-likeness (QED) is 0.389. The Hall–Kier alpha value is -1.09. The Morgan fingerprint density at radius 1 is 1.43 bits per heavy atom. The fraction of sp³-hybridized carbons (Fsp3) is 0.500. The molecular formula is C16H26IN5S. The van der Waals surface area contributed by atoms with Crippen LogP contribution in [0.15, 0.2) is 34.9 Å². The van der Waals surface area contributed by atoms with Gasteiger partial charge in [0, 0.05) is 30.1 Å². The van der Waals surface area contributed by atoms with E-state index >= 15 is 0 Å². The highest BCUT2D eigenvalue weighted by Gasteiger charge is 2.06. The Morgan fingerprint density at radius 2 is 2.26 bits per heavy atom. The van der Waals surface area contributed by atoms with Crippen LogP contribution in [0.25, 0.3) is 0 Å². The highest BCUT2D eigenvalue weighted by Crippen LogP contribution is 2.20. The number of nitrogens with zero attached hydrogens (tertiary/aromatic N) is 3. The van der Waals surface area contributed by atoms with Crippen molar-refractivity contribution in [3.8, 4) is 0 Å². The number of thiophene rings is 1. The standard InChI is InChI=1S/C16H25N5S.HI/c1-4-17-16(18-7-8-21-12-13(2)10-20-21)19-11-14(3)15-6-5-9-22-15;/h5-6,9-10,12,14H,4,7-8,11H2,1-3H3,(H2,17,18,19);1H. The van der Waals surface area contributed by atoms with E-state index in [0.29, 0.717) is 5.92 Å². The minimum absolute atomic E-state index is 0. The molecule has 0 saturated carbocycles. The zero-order chi connectivity index (χ0) is 15.8. The van der Waals surface area contributed by atoms with Crippen LogP contribution in [-0.4, -0.2) is 35.4 Å². The van der Waals surface area contributed by atoms with Crippen molar-refractivity contribution in [2.75, 3.05) is 19.6 Å². The van der Waals surface area contributed by atoms with E-state index in [1.165, 1.54) is 10.4 Å². The summed E-state index contributed by atoms with van der Waals surface area (Å²) in [6, 6.07) is 4.26. The Labute approximate surface area is 159 Å². The number of aryl methyl sites for hydroxylation is 1. The summed E-state index contributed by atoms with van der Waals surface area (Å²) in [7, 11) is 0. The van der Waals surface area contributed by atoms with Gasteiger partial charge in [-0.25, -0.2) is 0 Å². The van der Waals surface area contributed by atoms with E-state index in [1.807, 2.05) is 17.1 Å². The van der Waals surface area contributed by atoms with E-state index in [0.717, 1.165) is 32.1 Å². The third kappa shape index (κ3) is 6.90. The van der Waals surface area contributed by atoms with Crippen molar-refractivity contribution >= 4 is 41.3 Å². The second kappa shape index (κ2) is 10.6. The summed E-state index contributed by atoms with van der Waals surface area (Å²) < 4.78 is 1.94. The predicted molar refractivity (Wildman–Crippen MR) is 109 cm³/mol. The monoisotopic (exact) mass is 447 g/mol. The number of hydrogen-bond donors (Lipinski definition) is 2. The first-order valence-electron chi connectivity index (χ1n) is 7.73. The summed E-state index contributed by atoms with van der Waals surface area (Å²) in [6.07, 6.45) is 3.92. The van der Waals surface area contributed by atoms with Crippen molar-refractivity contribution in [3.63, 3.8) is 0 Å². The number of halogens is 1. The van der Waals surface area contributed by atoms with Crippen LogP contribution in [-0.2, 0) is 6.54 Å². The fourth-order valence-corrected chi connectivity index (χ4v) is 2.89. The van der Waals surface area contributed by atoms with Gasteiger partial charge in [0.15, 0.2) is 5.96 Å². The Balaban J connectivity index is 0.00000264. The number of guanidine groups is 1. The van der Waals surface area contributed by atoms with Gasteiger partial charge in [0.1, 0.15) is 0 Å². The zero-order valence-electron chi connectivity index (χ0n) is 14.0. The number of nitrogens with one attached hydrogen (secondary N) is 2. The second-order valence-corrected chi connectivity index (χ2v) is 6.32.